The molecule has 2 N–H and O–H groups in total. The van der Waals surface area contributed by atoms with Gasteiger partial charge in [0.2, 0.25) is 0 Å². The lowest BCUT2D eigenvalue weighted by atomic mass is 10.00. The molecule has 2 aliphatic rings. The first kappa shape index (κ1) is 27.1. The van der Waals surface area contributed by atoms with Crippen LogP contribution in [0.1, 0.15) is 36.1 Å². The highest BCUT2D eigenvalue weighted by Crippen LogP contribution is 2.30. The van der Waals surface area contributed by atoms with E-state index in [4.69, 9.17) is 15.5 Å². The molecule has 0 radical (unpaired) electrons. The number of rotatable bonds is 10. The number of allylic oxidation sites excluding steroid dienone is 1. The molecule has 1 aromatic heterocycles. The minimum atomic E-state index is -0.382. The Balaban J connectivity index is 1.56. The number of aliphatic imine (C=N–C) groups is 1. The first-order chi connectivity index (χ1) is 18.4. The summed E-state index contributed by atoms with van der Waals surface area (Å²) in [7, 11) is 1.35. The molecule has 1 unspecified atom stereocenters. The zero-order valence-electron chi connectivity index (χ0n) is 22.2. The number of hydrogen-bond donors (Lipinski definition) is 1. The van der Waals surface area contributed by atoms with Crippen molar-refractivity contribution in [1.29, 1.82) is 5.26 Å². The first-order valence-corrected chi connectivity index (χ1v) is 12.9. The summed E-state index contributed by atoms with van der Waals surface area (Å²) in [5, 5.41) is 13.7. The Hall–Kier alpha value is -3.94. The molecule has 4 rings (SSSR count). The Morgan fingerprint density at radius 1 is 1.29 bits per heavy atom. The number of nitriles is 1. The van der Waals surface area contributed by atoms with Gasteiger partial charge in [-0.05, 0) is 44.1 Å². The largest absolute Gasteiger partial charge is 0.468 e. The Morgan fingerprint density at radius 3 is 2.66 bits per heavy atom. The van der Waals surface area contributed by atoms with Crippen LogP contribution in [0, 0.1) is 11.3 Å². The molecule has 2 aromatic rings. The maximum Gasteiger partial charge on any atom is 0.327 e. The summed E-state index contributed by atoms with van der Waals surface area (Å²) in [4.78, 5) is 23.6. The van der Waals surface area contributed by atoms with Gasteiger partial charge in [0.25, 0.3) is 0 Å². The number of nitrogens with two attached hydrogens (primary N) is 1. The highest BCUT2D eigenvalue weighted by molar-refractivity contribution is 5.80. The smallest absolute Gasteiger partial charge is 0.327 e. The summed E-state index contributed by atoms with van der Waals surface area (Å²) in [5.74, 6) is 0.357. The van der Waals surface area contributed by atoms with Gasteiger partial charge in [-0.3, -0.25) is 14.4 Å². The van der Waals surface area contributed by atoms with Crippen LogP contribution in [0.25, 0.3) is 5.57 Å². The van der Waals surface area contributed by atoms with Gasteiger partial charge >= 0.3 is 5.97 Å². The molecule has 0 amide bonds. The number of benzene rings is 1. The zero-order valence-corrected chi connectivity index (χ0v) is 22.2. The number of aromatic nitrogens is 2. The number of methoxy groups -OCH3 is 1. The van der Waals surface area contributed by atoms with Crippen molar-refractivity contribution in [2.45, 2.75) is 25.9 Å². The quantitative estimate of drug-likeness (QED) is 0.290. The maximum atomic E-state index is 11.7. The zero-order chi connectivity index (χ0) is 27.1. The second-order valence-electron chi connectivity index (χ2n) is 9.54. The lowest BCUT2D eigenvalue weighted by molar-refractivity contribution is -0.141. The van der Waals surface area contributed by atoms with Crippen LogP contribution in [-0.2, 0) is 16.1 Å². The number of hydrogen-bond acceptors (Lipinski definition) is 9. The topological polar surface area (TPSA) is 116 Å². The van der Waals surface area contributed by atoms with Crippen LogP contribution in [0.5, 0.6) is 0 Å². The van der Waals surface area contributed by atoms with Crippen molar-refractivity contribution >= 4 is 17.8 Å². The van der Waals surface area contributed by atoms with Crippen LogP contribution >= 0.6 is 0 Å². The van der Waals surface area contributed by atoms with Gasteiger partial charge in [-0.15, -0.1) is 0 Å². The van der Waals surface area contributed by atoms with Crippen molar-refractivity contribution in [2.75, 3.05) is 52.9 Å². The molecule has 0 saturated carbocycles. The molecule has 1 aromatic carbocycles. The monoisotopic (exact) mass is 516 g/mol. The van der Waals surface area contributed by atoms with E-state index in [1.165, 1.54) is 23.8 Å². The number of likely N-dealkylation sites (tertiary alicyclic amines) is 1. The van der Waals surface area contributed by atoms with Crippen molar-refractivity contribution in [3.63, 3.8) is 0 Å². The molecule has 2 aliphatic heterocycles. The number of carbonyl (C=O) groups excluding carboxylic acids is 1. The Bertz CT molecular complexity index is 1250. The van der Waals surface area contributed by atoms with Gasteiger partial charge in [0.1, 0.15) is 12.4 Å². The molecule has 0 aliphatic carbocycles. The van der Waals surface area contributed by atoms with E-state index in [-0.39, 0.29) is 18.6 Å². The first-order valence-electron chi connectivity index (χ1n) is 12.9. The van der Waals surface area contributed by atoms with E-state index < -0.39 is 0 Å². The van der Waals surface area contributed by atoms with Crippen LogP contribution < -0.4 is 5.73 Å². The highest BCUT2D eigenvalue weighted by Gasteiger charge is 2.30. The fourth-order valence-corrected chi connectivity index (χ4v) is 4.96. The summed E-state index contributed by atoms with van der Waals surface area (Å²) < 4.78 is 6.27. The molecule has 38 heavy (non-hydrogen) atoms. The summed E-state index contributed by atoms with van der Waals surface area (Å²) >= 11 is 0. The average molecular weight is 517 g/mol. The van der Waals surface area contributed by atoms with Crippen LogP contribution in [0.3, 0.4) is 0 Å². The van der Waals surface area contributed by atoms with Crippen LogP contribution in [-0.4, -0.2) is 89.6 Å². The minimum absolute atomic E-state index is 0.0112. The van der Waals surface area contributed by atoms with Gasteiger partial charge in [0.15, 0.2) is 0 Å². The highest BCUT2D eigenvalue weighted by atomic mass is 16.5. The van der Waals surface area contributed by atoms with E-state index in [1.54, 1.807) is 18.6 Å². The molecule has 200 valence electrons. The number of ether oxygens (including phenoxy) is 1. The van der Waals surface area contributed by atoms with E-state index in [2.05, 4.69) is 38.5 Å². The number of nitrogens with zero attached hydrogens (tertiary/aromatic N) is 7. The van der Waals surface area contributed by atoms with Gasteiger partial charge < -0.3 is 20.3 Å². The fourth-order valence-electron chi connectivity index (χ4n) is 4.96. The van der Waals surface area contributed by atoms with Gasteiger partial charge in [0.05, 0.1) is 24.9 Å². The van der Waals surface area contributed by atoms with Crippen molar-refractivity contribution in [1.82, 2.24) is 24.5 Å². The van der Waals surface area contributed by atoms with Gasteiger partial charge in [0, 0.05) is 68.0 Å². The molecule has 0 bridgehead atoms. The fraction of sp³-hybridized carbons (Fsp3) is 0.429. The number of carbonyl (C=O) groups is 1. The van der Waals surface area contributed by atoms with E-state index in [0.29, 0.717) is 16.8 Å². The average Bonchev–Trinajstić information content (AvgIpc) is 3.35. The second kappa shape index (κ2) is 12.5. The Kier molecular flexibility index (Phi) is 8.94. The van der Waals surface area contributed by atoms with Crippen molar-refractivity contribution in [3.8, 4) is 6.07 Å². The lowest BCUT2D eigenvalue weighted by Crippen LogP contribution is -2.51. The van der Waals surface area contributed by atoms with Crippen LogP contribution in [0.15, 0.2) is 59.7 Å². The Labute approximate surface area is 224 Å². The molecular weight excluding hydrogens is 480 g/mol. The third kappa shape index (κ3) is 6.30. The van der Waals surface area contributed by atoms with E-state index >= 15 is 0 Å². The van der Waals surface area contributed by atoms with Crippen LogP contribution in [0.2, 0.25) is 0 Å². The third-order valence-corrected chi connectivity index (χ3v) is 7.07. The predicted octanol–water partition coefficient (Wildman–Crippen LogP) is 2.22. The number of piperazine rings is 1. The van der Waals surface area contributed by atoms with Gasteiger partial charge in [-0.25, -0.2) is 4.99 Å². The Morgan fingerprint density at radius 2 is 2.05 bits per heavy atom. The van der Waals surface area contributed by atoms with E-state index in [0.717, 1.165) is 57.2 Å². The standard InChI is InChI=1S/C28H36N8O2/c1-4-31-28(27(21(2)30)24-17-32-36(18-24)20-26(37)38-3)35-13-11-34(12-14-35)25(19-33-9-6-10-33)23-8-5-7-22(15-23)16-29/h4-5,7-8,15,17-18,25H,2,6,9-14,19-20,30H2,1,3H3/b28-27-,31-4-. The summed E-state index contributed by atoms with van der Waals surface area (Å²) in [6.45, 7) is 12.3. The number of esters is 1. The second-order valence-corrected chi connectivity index (χ2v) is 9.54. The molecule has 0 spiro atoms. The minimum Gasteiger partial charge on any atom is -0.468 e. The van der Waals surface area contributed by atoms with E-state index in [1.807, 2.05) is 25.1 Å². The summed E-state index contributed by atoms with van der Waals surface area (Å²) in [5.41, 5.74) is 9.98. The predicted molar refractivity (Wildman–Crippen MR) is 147 cm³/mol. The molecule has 10 nitrogen and oxygen atoms in total. The van der Waals surface area contributed by atoms with Crippen molar-refractivity contribution < 1.29 is 9.53 Å². The van der Waals surface area contributed by atoms with Crippen LogP contribution in [0.4, 0.5) is 0 Å². The van der Waals surface area contributed by atoms with E-state index in [9.17, 15) is 10.1 Å². The third-order valence-electron chi connectivity index (χ3n) is 7.07. The van der Waals surface area contributed by atoms with Crippen molar-refractivity contribution in [2.24, 2.45) is 10.7 Å². The molecular formula is C28H36N8O2. The molecule has 1 atom stereocenters. The van der Waals surface area contributed by atoms with Crippen molar-refractivity contribution in [3.05, 3.63) is 71.4 Å². The lowest BCUT2D eigenvalue weighted by Gasteiger charge is -2.43. The summed E-state index contributed by atoms with van der Waals surface area (Å²) in [6.07, 6.45) is 6.42. The molecule has 2 saturated heterocycles. The SMILES string of the molecule is C=C(N)/C(=C(\N=C/C)N1CCN(C(CN2CCC2)c2cccc(C#N)c2)CC1)c1cnn(CC(=O)OC)c1. The van der Waals surface area contributed by atoms with Gasteiger partial charge in [-0.2, -0.15) is 10.4 Å². The normalized spacial score (nSPS) is 18.0. The maximum absolute atomic E-state index is 11.7. The molecule has 10 heteroatoms. The summed E-state index contributed by atoms with van der Waals surface area (Å²) in [6, 6.07) is 10.5. The van der Waals surface area contributed by atoms with Gasteiger partial charge in [-0.1, -0.05) is 18.7 Å². The molecule has 3 heterocycles. The molecule has 2 fully saturated rings.